The second-order valence-electron chi connectivity index (χ2n) is 6.47. The van der Waals surface area contributed by atoms with Gasteiger partial charge in [-0.3, -0.25) is 4.79 Å². The van der Waals surface area contributed by atoms with Gasteiger partial charge in [0.25, 0.3) is 0 Å². The number of hydrogen-bond donors (Lipinski definition) is 1. The molecule has 1 aliphatic rings. The van der Waals surface area contributed by atoms with Crippen molar-refractivity contribution >= 4 is 24.3 Å². The summed E-state index contributed by atoms with van der Waals surface area (Å²) in [6.07, 6.45) is 5.30. The van der Waals surface area contributed by atoms with Crippen molar-refractivity contribution in [3.8, 4) is 0 Å². The SMILES string of the molecule is C=C(Cc1ccc(C=O)cc1)SC1=C(C)C(C)CCC(C)=C1C=N. The highest BCUT2D eigenvalue weighted by molar-refractivity contribution is 8.07. The minimum absolute atomic E-state index is 0.527. The molecule has 0 bridgehead atoms. The van der Waals surface area contributed by atoms with E-state index in [4.69, 9.17) is 5.41 Å². The minimum Gasteiger partial charge on any atom is -0.308 e. The first-order valence-electron chi connectivity index (χ1n) is 8.27. The zero-order valence-corrected chi connectivity index (χ0v) is 15.5. The summed E-state index contributed by atoms with van der Waals surface area (Å²) >= 11 is 1.69. The number of carbonyl (C=O) groups is 1. The largest absolute Gasteiger partial charge is 0.308 e. The lowest BCUT2D eigenvalue weighted by atomic mass is 9.98. The summed E-state index contributed by atoms with van der Waals surface area (Å²) in [5.74, 6) is 0.527. The molecule has 0 amide bonds. The number of rotatable bonds is 6. The van der Waals surface area contributed by atoms with Gasteiger partial charge >= 0.3 is 0 Å². The van der Waals surface area contributed by atoms with Gasteiger partial charge in [-0.25, -0.2) is 0 Å². The topological polar surface area (TPSA) is 40.9 Å². The highest BCUT2D eigenvalue weighted by Gasteiger charge is 2.20. The van der Waals surface area contributed by atoms with Crippen molar-refractivity contribution in [3.63, 3.8) is 0 Å². The maximum absolute atomic E-state index is 10.7. The second-order valence-corrected chi connectivity index (χ2v) is 7.66. The van der Waals surface area contributed by atoms with Crippen LogP contribution in [0.2, 0.25) is 0 Å². The smallest absolute Gasteiger partial charge is 0.150 e. The lowest BCUT2D eigenvalue weighted by Gasteiger charge is -2.16. The van der Waals surface area contributed by atoms with Gasteiger partial charge in [-0.2, -0.15) is 0 Å². The van der Waals surface area contributed by atoms with E-state index in [9.17, 15) is 4.79 Å². The molecule has 1 unspecified atom stereocenters. The molecule has 0 heterocycles. The van der Waals surface area contributed by atoms with Crippen LogP contribution in [-0.2, 0) is 6.42 Å². The van der Waals surface area contributed by atoms with E-state index in [2.05, 4.69) is 27.4 Å². The fraction of sp³-hybridized carbons (Fsp3) is 0.333. The lowest BCUT2D eigenvalue weighted by Crippen LogP contribution is -1.99. The fourth-order valence-electron chi connectivity index (χ4n) is 2.86. The zero-order chi connectivity index (χ0) is 17.7. The van der Waals surface area contributed by atoms with Gasteiger partial charge in [0, 0.05) is 28.7 Å². The van der Waals surface area contributed by atoms with Crippen LogP contribution >= 0.6 is 11.8 Å². The van der Waals surface area contributed by atoms with E-state index < -0.39 is 0 Å². The molecule has 2 nitrogen and oxygen atoms in total. The molecule has 0 aliphatic heterocycles. The molecule has 1 aliphatic carbocycles. The molecule has 0 saturated heterocycles. The van der Waals surface area contributed by atoms with Crippen molar-refractivity contribution in [3.05, 3.63) is 68.5 Å². The van der Waals surface area contributed by atoms with Crippen LogP contribution in [0.1, 0.15) is 49.5 Å². The van der Waals surface area contributed by atoms with Gasteiger partial charge in [0.15, 0.2) is 0 Å². The van der Waals surface area contributed by atoms with Crippen molar-refractivity contribution in [1.82, 2.24) is 0 Å². The van der Waals surface area contributed by atoms with Gasteiger partial charge in [0.05, 0.1) is 0 Å². The van der Waals surface area contributed by atoms with Gasteiger partial charge in [0.1, 0.15) is 6.29 Å². The summed E-state index contributed by atoms with van der Waals surface area (Å²) in [5.41, 5.74) is 5.54. The molecule has 24 heavy (non-hydrogen) atoms. The summed E-state index contributed by atoms with van der Waals surface area (Å²) in [7, 11) is 0. The number of nitrogens with one attached hydrogen (secondary N) is 1. The number of thioether (sulfide) groups is 1. The summed E-state index contributed by atoms with van der Waals surface area (Å²) in [5, 5.41) is 7.83. The first-order chi connectivity index (χ1) is 11.5. The first kappa shape index (κ1) is 18.5. The van der Waals surface area contributed by atoms with Crippen LogP contribution in [0.15, 0.2) is 57.4 Å². The molecule has 0 spiro atoms. The van der Waals surface area contributed by atoms with Crippen LogP contribution in [0.25, 0.3) is 0 Å². The fourth-order valence-corrected chi connectivity index (χ4v) is 4.09. The third kappa shape index (κ3) is 4.35. The van der Waals surface area contributed by atoms with Crippen molar-refractivity contribution in [2.45, 2.75) is 40.0 Å². The van der Waals surface area contributed by atoms with Crippen molar-refractivity contribution in [2.24, 2.45) is 5.92 Å². The molecule has 0 radical (unpaired) electrons. The van der Waals surface area contributed by atoms with Crippen LogP contribution < -0.4 is 0 Å². The van der Waals surface area contributed by atoms with Crippen LogP contribution in [0.4, 0.5) is 0 Å². The van der Waals surface area contributed by atoms with E-state index >= 15 is 0 Å². The molecule has 1 aromatic carbocycles. The normalized spacial score (nSPS) is 18.4. The van der Waals surface area contributed by atoms with E-state index in [1.54, 1.807) is 11.8 Å². The second kappa shape index (κ2) is 8.29. The molecule has 0 aromatic heterocycles. The molecule has 1 atom stereocenters. The van der Waals surface area contributed by atoms with Gasteiger partial charge in [-0.05, 0) is 43.1 Å². The Bertz CT molecular complexity index is 710. The molecule has 126 valence electrons. The van der Waals surface area contributed by atoms with Crippen LogP contribution in [0, 0.1) is 11.3 Å². The predicted molar refractivity (Wildman–Crippen MR) is 105 cm³/mol. The molecule has 1 N–H and O–H groups in total. The average molecular weight is 340 g/mol. The first-order valence-corrected chi connectivity index (χ1v) is 9.09. The Morgan fingerprint density at radius 1 is 1.33 bits per heavy atom. The summed E-state index contributed by atoms with van der Waals surface area (Å²) in [4.78, 5) is 13.0. The van der Waals surface area contributed by atoms with E-state index in [1.165, 1.54) is 22.3 Å². The maximum Gasteiger partial charge on any atom is 0.150 e. The summed E-state index contributed by atoms with van der Waals surface area (Å²) < 4.78 is 0. The molecule has 3 heteroatoms. The maximum atomic E-state index is 10.7. The Morgan fingerprint density at radius 3 is 2.58 bits per heavy atom. The van der Waals surface area contributed by atoms with Crippen LogP contribution in [0.3, 0.4) is 0 Å². The molecular weight excluding hydrogens is 314 g/mol. The van der Waals surface area contributed by atoms with Gasteiger partial charge in [-0.15, -0.1) is 0 Å². The molecule has 1 aromatic rings. The molecule has 0 saturated carbocycles. The standard InChI is InChI=1S/C21H25NOS/c1-14-5-6-15(2)20(12-22)21(17(14)4)24-16(3)11-18-7-9-19(13-23)10-8-18/h7-10,12-14,22H,3,5-6,11H2,1-2,4H3. The van der Waals surface area contributed by atoms with Crippen molar-refractivity contribution < 1.29 is 4.79 Å². The summed E-state index contributed by atoms with van der Waals surface area (Å²) in [6, 6.07) is 7.63. The Labute approximate surface area is 149 Å². The van der Waals surface area contributed by atoms with Crippen molar-refractivity contribution in [1.29, 1.82) is 5.41 Å². The third-order valence-corrected chi connectivity index (χ3v) is 5.84. The quantitative estimate of drug-likeness (QED) is 0.513. The Balaban J connectivity index is 2.20. The van der Waals surface area contributed by atoms with Crippen molar-refractivity contribution in [2.75, 3.05) is 0 Å². The van der Waals surface area contributed by atoms with Crippen LogP contribution in [0.5, 0.6) is 0 Å². The minimum atomic E-state index is 0.527. The number of aldehydes is 1. The number of benzene rings is 1. The predicted octanol–water partition coefficient (Wildman–Crippen LogP) is 5.96. The number of carbonyl (C=O) groups excluding carboxylic acids is 1. The van der Waals surface area contributed by atoms with Crippen LogP contribution in [-0.4, -0.2) is 12.5 Å². The number of allylic oxidation sites excluding steroid dienone is 4. The Morgan fingerprint density at radius 2 is 2.00 bits per heavy atom. The lowest BCUT2D eigenvalue weighted by molar-refractivity contribution is 0.112. The third-order valence-electron chi connectivity index (χ3n) is 4.66. The Hall–Kier alpha value is -1.87. The zero-order valence-electron chi connectivity index (χ0n) is 14.7. The van der Waals surface area contributed by atoms with E-state index in [0.29, 0.717) is 11.5 Å². The van der Waals surface area contributed by atoms with Gasteiger partial charge in [0.2, 0.25) is 0 Å². The molecule has 2 rings (SSSR count). The number of hydrogen-bond acceptors (Lipinski definition) is 3. The Kier molecular flexibility index (Phi) is 6.38. The monoisotopic (exact) mass is 339 g/mol. The van der Waals surface area contributed by atoms with Gasteiger partial charge < -0.3 is 5.41 Å². The summed E-state index contributed by atoms with van der Waals surface area (Å²) in [6.45, 7) is 10.8. The highest BCUT2D eigenvalue weighted by atomic mass is 32.2. The van der Waals surface area contributed by atoms with Gasteiger partial charge in [-0.1, -0.05) is 60.7 Å². The molecular formula is C21H25NOS. The average Bonchev–Trinajstić information content (AvgIpc) is 2.68. The highest BCUT2D eigenvalue weighted by Crippen LogP contribution is 2.40. The van der Waals surface area contributed by atoms with E-state index in [-0.39, 0.29) is 0 Å². The van der Waals surface area contributed by atoms with E-state index in [0.717, 1.165) is 41.6 Å². The molecule has 0 fully saturated rings. The van der Waals surface area contributed by atoms with E-state index in [1.807, 2.05) is 24.3 Å².